The SMILES string of the molecule is COc1cc2c(cc1OC)n(CC(=O)c1cccc(Cl)c1)c(=O)n1nc(-c3ccccc3)nc21. The molecule has 2 heterocycles. The van der Waals surface area contributed by atoms with Gasteiger partial charge in [0, 0.05) is 27.6 Å². The predicted molar refractivity (Wildman–Crippen MR) is 129 cm³/mol. The molecule has 34 heavy (non-hydrogen) atoms. The first-order valence-corrected chi connectivity index (χ1v) is 10.8. The smallest absolute Gasteiger partial charge is 0.351 e. The van der Waals surface area contributed by atoms with Gasteiger partial charge < -0.3 is 9.47 Å². The summed E-state index contributed by atoms with van der Waals surface area (Å²) in [6.07, 6.45) is 0. The molecule has 0 amide bonds. The highest BCUT2D eigenvalue weighted by atomic mass is 35.5. The minimum absolute atomic E-state index is 0.221. The lowest BCUT2D eigenvalue weighted by Gasteiger charge is -2.14. The van der Waals surface area contributed by atoms with Crippen LogP contribution in [0.25, 0.3) is 27.9 Å². The van der Waals surface area contributed by atoms with Crippen molar-refractivity contribution >= 4 is 33.9 Å². The molecule has 0 atom stereocenters. The Kier molecular flexibility index (Phi) is 5.51. The Morgan fingerprint density at radius 3 is 2.41 bits per heavy atom. The third-order valence-corrected chi connectivity index (χ3v) is 5.77. The number of hydrogen-bond donors (Lipinski definition) is 0. The molecule has 0 aliphatic heterocycles. The van der Waals surface area contributed by atoms with Crippen LogP contribution in [-0.2, 0) is 6.54 Å². The second-order valence-electron chi connectivity index (χ2n) is 7.56. The number of ketones is 1. The van der Waals surface area contributed by atoms with E-state index in [4.69, 9.17) is 21.1 Å². The van der Waals surface area contributed by atoms with E-state index in [9.17, 15) is 9.59 Å². The minimum atomic E-state index is -0.500. The molecular formula is C25H19ClN4O4. The minimum Gasteiger partial charge on any atom is -0.493 e. The number of benzene rings is 3. The van der Waals surface area contributed by atoms with Crippen molar-refractivity contribution < 1.29 is 14.3 Å². The summed E-state index contributed by atoms with van der Waals surface area (Å²) >= 11 is 6.06. The zero-order valence-corrected chi connectivity index (χ0v) is 19.1. The molecule has 8 nitrogen and oxygen atoms in total. The van der Waals surface area contributed by atoms with Crippen LogP contribution in [0.15, 0.2) is 71.5 Å². The van der Waals surface area contributed by atoms with E-state index in [1.165, 1.54) is 23.3 Å². The molecule has 0 fully saturated rings. The molecular weight excluding hydrogens is 456 g/mol. The zero-order chi connectivity index (χ0) is 23.8. The molecule has 0 N–H and O–H groups in total. The van der Waals surface area contributed by atoms with Crippen molar-refractivity contribution in [3.05, 3.63) is 87.8 Å². The van der Waals surface area contributed by atoms with Gasteiger partial charge in [-0.05, 0) is 18.2 Å². The number of carbonyl (C=O) groups excluding carboxylic acids is 1. The Morgan fingerprint density at radius 1 is 0.971 bits per heavy atom. The molecule has 0 bridgehead atoms. The standard InChI is InChI=1S/C25H19ClN4O4/c1-33-21-12-18-19(13-22(21)34-2)29(14-20(31)16-9-6-10-17(26)11-16)25(32)30-24(18)27-23(28-30)15-7-4-3-5-8-15/h3-13H,14H2,1-2H3. The van der Waals surface area contributed by atoms with Crippen molar-refractivity contribution in [1.82, 2.24) is 19.2 Å². The molecule has 3 aromatic carbocycles. The average molecular weight is 475 g/mol. The highest BCUT2D eigenvalue weighted by Gasteiger charge is 2.20. The van der Waals surface area contributed by atoms with Gasteiger partial charge in [0.2, 0.25) is 0 Å². The van der Waals surface area contributed by atoms with Gasteiger partial charge in [0.25, 0.3) is 0 Å². The van der Waals surface area contributed by atoms with Crippen LogP contribution in [0.1, 0.15) is 10.4 Å². The van der Waals surface area contributed by atoms with Gasteiger partial charge in [-0.3, -0.25) is 9.36 Å². The van der Waals surface area contributed by atoms with E-state index in [-0.39, 0.29) is 12.3 Å². The first-order chi connectivity index (χ1) is 16.5. The number of fused-ring (bicyclic) bond motifs is 3. The molecule has 5 aromatic rings. The van der Waals surface area contributed by atoms with E-state index in [0.717, 1.165) is 5.56 Å². The Balaban J connectivity index is 1.78. The van der Waals surface area contributed by atoms with Crippen molar-refractivity contribution in [3.8, 4) is 22.9 Å². The number of halogens is 1. The molecule has 9 heteroatoms. The highest BCUT2D eigenvalue weighted by Crippen LogP contribution is 2.33. The van der Waals surface area contributed by atoms with Crippen molar-refractivity contribution in [2.45, 2.75) is 6.54 Å². The van der Waals surface area contributed by atoms with Crippen LogP contribution in [0, 0.1) is 0 Å². The Labute approximate surface area is 198 Å². The molecule has 0 saturated carbocycles. The van der Waals surface area contributed by atoms with Crippen LogP contribution >= 0.6 is 11.6 Å². The largest absolute Gasteiger partial charge is 0.493 e. The van der Waals surface area contributed by atoms with Crippen LogP contribution in [-0.4, -0.2) is 39.2 Å². The molecule has 0 radical (unpaired) electrons. The number of aromatic nitrogens is 4. The van der Waals surface area contributed by atoms with E-state index < -0.39 is 5.69 Å². The fourth-order valence-electron chi connectivity index (χ4n) is 3.87. The fraction of sp³-hybridized carbons (Fsp3) is 0.120. The molecule has 0 aliphatic rings. The average Bonchev–Trinajstić information content (AvgIpc) is 3.32. The number of Topliss-reactive ketones (excluding diaryl/α,β-unsaturated/α-hetero) is 1. The summed E-state index contributed by atoms with van der Waals surface area (Å²) in [7, 11) is 3.03. The summed E-state index contributed by atoms with van der Waals surface area (Å²) in [5.74, 6) is 1.01. The number of nitrogens with zero attached hydrogens (tertiary/aromatic N) is 4. The fourth-order valence-corrected chi connectivity index (χ4v) is 4.06. The lowest BCUT2D eigenvalue weighted by atomic mass is 10.1. The topological polar surface area (TPSA) is 87.7 Å². The van der Waals surface area contributed by atoms with E-state index >= 15 is 0 Å². The first kappa shape index (κ1) is 21.7. The molecule has 0 unspecified atom stereocenters. The van der Waals surface area contributed by atoms with Crippen molar-refractivity contribution in [2.24, 2.45) is 0 Å². The van der Waals surface area contributed by atoms with E-state index in [1.54, 1.807) is 36.4 Å². The maximum absolute atomic E-state index is 13.5. The highest BCUT2D eigenvalue weighted by molar-refractivity contribution is 6.31. The molecule has 2 aromatic heterocycles. The Morgan fingerprint density at radius 2 is 1.71 bits per heavy atom. The Bertz CT molecular complexity index is 1610. The molecule has 170 valence electrons. The zero-order valence-electron chi connectivity index (χ0n) is 18.4. The predicted octanol–water partition coefficient (Wildman–Crippen LogP) is 4.26. The summed E-state index contributed by atoms with van der Waals surface area (Å²) in [6.45, 7) is -0.221. The molecule has 0 saturated heterocycles. The molecule has 5 rings (SSSR count). The monoisotopic (exact) mass is 474 g/mol. The Hall–Kier alpha value is -4.17. The summed E-state index contributed by atoms with van der Waals surface area (Å²) in [5.41, 5.74) is 1.49. The number of carbonyl (C=O) groups is 1. The van der Waals surface area contributed by atoms with Crippen LogP contribution < -0.4 is 15.2 Å². The van der Waals surface area contributed by atoms with Gasteiger partial charge in [0.05, 0.1) is 26.3 Å². The lowest BCUT2D eigenvalue weighted by Crippen LogP contribution is -2.30. The number of ether oxygens (including phenoxy) is 2. The van der Waals surface area contributed by atoms with Gasteiger partial charge in [-0.1, -0.05) is 54.1 Å². The van der Waals surface area contributed by atoms with Crippen molar-refractivity contribution in [1.29, 1.82) is 0 Å². The third kappa shape index (κ3) is 3.68. The first-order valence-electron chi connectivity index (χ1n) is 10.4. The lowest BCUT2D eigenvalue weighted by molar-refractivity contribution is 0.0971. The van der Waals surface area contributed by atoms with Gasteiger partial charge in [-0.25, -0.2) is 9.78 Å². The maximum Gasteiger partial charge on any atom is 0.351 e. The second kappa shape index (κ2) is 8.64. The van der Waals surface area contributed by atoms with Gasteiger partial charge >= 0.3 is 5.69 Å². The van der Waals surface area contributed by atoms with E-state index in [0.29, 0.717) is 44.5 Å². The number of rotatable bonds is 6. The molecule has 0 spiro atoms. The number of hydrogen-bond acceptors (Lipinski definition) is 6. The summed E-state index contributed by atoms with van der Waals surface area (Å²) in [6, 6.07) is 19.4. The van der Waals surface area contributed by atoms with Gasteiger partial charge in [0.15, 0.2) is 28.8 Å². The second-order valence-corrected chi connectivity index (χ2v) is 8.00. The molecule has 0 aliphatic carbocycles. The van der Waals surface area contributed by atoms with Crippen LogP contribution in [0.5, 0.6) is 11.5 Å². The van der Waals surface area contributed by atoms with Crippen LogP contribution in [0.3, 0.4) is 0 Å². The van der Waals surface area contributed by atoms with Crippen molar-refractivity contribution in [2.75, 3.05) is 14.2 Å². The quantitative estimate of drug-likeness (QED) is 0.342. The maximum atomic E-state index is 13.5. The number of methoxy groups -OCH3 is 2. The summed E-state index contributed by atoms with van der Waals surface area (Å²) < 4.78 is 13.5. The van der Waals surface area contributed by atoms with Crippen LogP contribution in [0.4, 0.5) is 0 Å². The normalized spacial score (nSPS) is 11.1. The summed E-state index contributed by atoms with van der Waals surface area (Å²) in [4.78, 5) is 31.3. The van der Waals surface area contributed by atoms with E-state index in [1.807, 2.05) is 30.3 Å². The van der Waals surface area contributed by atoms with Crippen molar-refractivity contribution in [3.63, 3.8) is 0 Å². The van der Waals surface area contributed by atoms with Gasteiger partial charge in [-0.15, -0.1) is 5.10 Å². The van der Waals surface area contributed by atoms with Crippen LogP contribution in [0.2, 0.25) is 5.02 Å². The van der Waals surface area contributed by atoms with Gasteiger partial charge in [0.1, 0.15) is 0 Å². The van der Waals surface area contributed by atoms with E-state index in [2.05, 4.69) is 10.1 Å². The third-order valence-electron chi connectivity index (χ3n) is 5.53. The van der Waals surface area contributed by atoms with Gasteiger partial charge in [-0.2, -0.15) is 4.52 Å². The summed E-state index contributed by atoms with van der Waals surface area (Å²) in [5, 5.41) is 5.48.